The van der Waals surface area contributed by atoms with Crippen LogP contribution in [-0.4, -0.2) is 13.6 Å². The van der Waals surface area contributed by atoms with Gasteiger partial charge in [0.25, 0.3) is 0 Å². The number of alkyl halides is 1. The van der Waals surface area contributed by atoms with E-state index in [0.717, 1.165) is 6.54 Å². The molecule has 0 spiro atoms. The molecule has 0 N–H and O–H groups in total. The standard InChI is InChI=1S/C19H24ClN/c1-19(2,3)16-12-10-15(11-13-16)18(20)14-21(4)17-8-6-5-7-9-17/h5-13,18H,14H2,1-4H3. The summed E-state index contributed by atoms with van der Waals surface area (Å²) < 4.78 is 0. The molecule has 0 saturated carbocycles. The van der Waals surface area contributed by atoms with Gasteiger partial charge in [-0.2, -0.15) is 0 Å². The smallest absolute Gasteiger partial charge is 0.0760 e. The lowest BCUT2D eigenvalue weighted by molar-refractivity contribution is 0.590. The molecular weight excluding hydrogens is 278 g/mol. The Morgan fingerprint density at radius 1 is 0.952 bits per heavy atom. The van der Waals surface area contributed by atoms with Crippen LogP contribution in [0.15, 0.2) is 54.6 Å². The first-order valence-electron chi connectivity index (χ1n) is 7.38. The lowest BCUT2D eigenvalue weighted by Crippen LogP contribution is -2.22. The molecule has 0 aliphatic carbocycles. The highest BCUT2D eigenvalue weighted by Crippen LogP contribution is 2.27. The van der Waals surface area contributed by atoms with Crippen molar-refractivity contribution in [3.05, 3.63) is 65.7 Å². The van der Waals surface area contributed by atoms with E-state index in [9.17, 15) is 0 Å². The number of anilines is 1. The number of para-hydroxylation sites is 1. The van der Waals surface area contributed by atoms with Crippen LogP contribution in [0.2, 0.25) is 0 Å². The highest BCUT2D eigenvalue weighted by molar-refractivity contribution is 6.21. The van der Waals surface area contributed by atoms with Crippen molar-refractivity contribution in [3.8, 4) is 0 Å². The summed E-state index contributed by atoms with van der Waals surface area (Å²) in [6.07, 6.45) is 0. The Kier molecular flexibility index (Phi) is 4.95. The van der Waals surface area contributed by atoms with Gasteiger partial charge in [0.05, 0.1) is 5.38 Å². The van der Waals surface area contributed by atoms with Crippen LogP contribution in [0.4, 0.5) is 5.69 Å². The van der Waals surface area contributed by atoms with E-state index in [4.69, 9.17) is 11.6 Å². The highest BCUT2D eigenvalue weighted by Gasteiger charge is 2.15. The van der Waals surface area contributed by atoms with Crippen LogP contribution in [0, 0.1) is 0 Å². The van der Waals surface area contributed by atoms with E-state index in [0.29, 0.717) is 0 Å². The maximum Gasteiger partial charge on any atom is 0.0760 e. The van der Waals surface area contributed by atoms with Crippen molar-refractivity contribution < 1.29 is 0 Å². The van der Waals surface area contributed by atoms with E-state index in [-0.39, 0.29) is 10.8 Å². The van der Waals surface area contributed by atoms with Crippen LogP contribution in [0.25, 0.3) is 0 Å². The van der Waals surface area contributed by atoms with Gasteiger partial charge >= 0.3 is 0 Å². The van der Waals surface area contributed by atoms with E-state index in [1.165, 1.54) is 16.8 Å². The molecule has 0 aromatic heterocycles. The maximum atomic E-state index is 6.58. The Balaban J connectivity index is 2.05. The second-order valence-corrected chi connectivity index (χ2v) is 7.08. The molecule has 1 unspecified atom stereocenters. The van der Waals surface area contributed by atoms with Crippen molar-refractivity contribution >= 4 is 17.3 Å². The number of benzene rings is 2. The van der Waals surface area contributed by atoms with Gasteiger partial charge in [-0.15, -0.1) is 11.6 Å². The summed E-state index contributed by atoms with van der Waals surface area (Å²) in [4.78, 5) is 2.19. The second kappa shape index (κ2) is 6.53. The molecule has 0 aliphatic heterocycles. The van der Waals surface area contributed by atoms with Gasteiger partial charge in [0, 0.05) is 19.3 Å². The van der Waals surface area contributed by atoms with Crippen LogP contribution in [0.1, 0.15) is 37.3 Å². The first-order chi connectivity index (χ1) is 9.88. The Bertz CT molecular complexity index is 554. The number of rotatable bonds is 4. The average molecular weight is 302 g/mol. The predicted molar refractivity (Wildman–Crippen MR) is 93.4 cm³/mol. The van der Waals surface area contributed by atoms with Crippen molar-refractivity contribution in [2.24, 2.45) is 0 Å². The van der Waals surface area contributed by atoms with Gasteiger partial charge in [-0.25, -0.2) is 0 Å². The van der Waals surface area contributed by atoms with Crippen molar-refractivity contribution in [3.63, 3.8) is 0 Å². The quantitative estimate of drug-likeness (QED) is 0.683. The maximum absolute atomic E-state index is 6.58. The molecule has 2 rings (SSSR count). The molecule has 0 saturated heterocycles. The third-order valence-electron chi connectivity index (χ3n) is 3.77. The molecule has 0 aliphatic rings. The van der Waals surface area contributed by atoms with E-state index in [1.54, 1.807) is 0 Å². The summed E-state index contributed by atoms with van der Waals surface area (Å²) in [6, 6.07) is 19.0. The normalized spacial score (nSPS) is 13.0. The zero-order valence-corrected chi connectivity index (χ0v) is 14.1. The average Bonchev–Trinajstić information content (AvgIpc) is 2.47. The Morgan fingerprint density at radius 3 is 2.05 bits per heavy atom. The summed E-state index contributed by atoms with van der Waals surface area (Å²) in [7, 11) is 2.08. The number of halogens is 1. The molecular formula is C19H24ClN. The van der Waals surface area contributed by atoms with Crippen molar-refractivity contribution in [1.29, 1.82) is 0 Å². The zero-order chi connectivity index (χ0) is 15.5. The number of hydrogen-bond acceptors (Lipinski definition) is 1. The van der Waals surface area contributed by atoms with Crippen LogP contribution in [0.5, 0.6) is 0 Å². The minimum atomic E-state index is -0.00998. The first-order valence-corrected chi connectivity index (χ1v) is 7.82. The second-order valence-electron chi connectivity index (χ2n) is 6.56. The zero-order valence-electron chi connectivity index (χ0n) is 13.3. The Morgan fingerprint density at radius 2 is 1.52 bits per heavy atom. The van der Waals surface area contributed by atoms with Crippen LogP contribution >= 0.6 is 11.6 Å². The molecule has 112 valence electrons. The minimum absolute atomic E-state index is 0.00998. The highest BCUT2D eigenvalue weighted by atomic mass is 35.5. The lowest BCUT2D eigenvalue weighted by atomic mass is 9.86. The van der Waals surface area contributed by atoms with Crippen molar-refractivity contribution in [2.75, 3.05) is 18.5 Å². The van der Waals surface area contributed by atoms with Crippen LogP contribution in [0.3, 0.4) is 0 Å². The predicted octanol–water partition coefficient (Wildman–Crippen LogP) is 5.40. The van der Waals surface area contributed by atoms with E-state index in [2.05, 4.69) is 69.1 Å². The van der Waals surface area contributed by atoms with Gasteiger partial charge in [0.1, 0.15) is 0 Å². The lowest BCUT2D eigenvalue weighted by Gasteiger charge is -2.23. The van der Waals surface area contributed by atoms with Gasteiger partial charge in [-0.1, -0.05) is 63.2 Å². The molecule has 0 amide bonds. The molecule has 1 nitrogen and oxygen atoms in total. The Hall–Kier alpha value is -1.47. The van der Waals surface area contributed by atoms with Gasteiger partial charge in [-0.05, 0) is 28.7 Å². The molecule has 21 heavy (non-hydrogen) atoms. The first kappa shape index (κ1) is 15.9. The summed E-state index contributed by atoms with van der Waals surface area (Å²) in [5.74, 6) is 0. The number of likely N-dealkylation sites (N-methyl/N-ethyl adjacent to an activating group) is 1. The van der Waals surface area contributed by atoms with Gasteiger partial charge in [-0.3, -0.25) is 0 Å². The van der Waals surface area contributed by atoms with Gasteiger partial charge < -0.3 is 4.90 Å². The van der Waals surface area contributed by atoms with Crippen molar-refractivity contribution in [1.82, 2.24) is 0 Å². The number of hydrogen-bond donors (Lipinski definition) is 0. The van der Waals surface area contributed by atoms with Crippen LogP contribution < -0.4 is 4.90 Å². The van der Waals surface area contributed by atoms with E-state index in [1.807, 2.05) is 18.2 Å². The molecule has 2 heteroatoms. The molecule has 0 heterocycles. The molecule has 0 bridgehead atoms. The van der Waals surface area contributed by atoms with Gasteiger partial charge in [0.15, 0.2) is 0 Å². The summed E-state index contributed by atoms with van der Waals surface area (Å²) >= 11 is 6.58. The summed E-state index contributed by atoms with van der Waals surface area (Å²) in [5, 5.41) is -0.00998. The Labute approximate surface area is 133 Å². The summed E-state index contributed by atoms with van der Waals surface area (Å²) in [5.41, 5.74) is 3.88. The van der Waals surface area contributed by atoms with E-state index < -0.39 is 0 Å². The van der Waals surface area contributed by atoms with Gasteiger partial charge in [0.2, 0.25) is 0 Å². The molecule has 2 aromatic carbocycles. The van der Waals surface area contributed by atoms with Crippen LogP contribution in [-0.2, 0) is 5.41 Å². The van der Waals surface area contributed by atoms with Crippen molar-refractivity contribution in [2.45, 2.75) is 31.6 Å². The third kappa shape index (κ3) is 4.25. The SMILES string of the molecule is CN(CC(Cl)c1ccc(C(C)(C)C)cc1)c1ccccc1. The van der Waals surface area contributed by atoms with E-state index >= 15 is 0 Å². The molecule has 2 aromatic rings. The number of nitrogens with zero attached hydrogens (tertiary/aromatic N) is 1. The third-order valence-corrected chi connectivity index (χ3v) is 4.16. The minimum Gasteiger partial charge on any atom is -0.373 e. The summed E-state index contributed by atoms with van der Waals surface area (Å²) in [6.45, 7) is 7.47. The molecule has 0 fully saturated rings. The molecule has 0 radical (unpaired) electrons. The topological polar surface area (TPSA) is 3.24 Å². The fraction of sp³-hybridized carbons (Fsp3) is 0.368. The fourth-order valence-corrected chi connectivity index (χ4v) is 2.68. The molecule has 1 atom stereocenters. The fourth-order valence-electron chi connectivity index (χ4n) is 2.33. The largest absolute Gasteiger partial charge is 0.373 e. The monoisotopic (exact) mass is 301 g/mol.